The first-order chi connectivity index (χ1) is 12.7. The Morgan fingerprint density at radius 2 is 1.77 bits per heavy atom. The first kappa shape index (κ1) is 16.9. The van der Waals surface area contributed by atoms with Gasteiger partial charge in [-0.25, -0.2) is 9.50 Å². The molecule has 2 aromatic carbocycles. The van der Waals surface area contributed by atoms with Crippen LogP contribution in [0.2, 0.25) is 10.0 Å². The van der Waals surface area contributed by atoms with Crippen molar-refractivity contribution in [3.63, 3.8) is 0 Å². The number of halogens is 2. The molecule has 0 aliphatic rings. The van der Waals surface area contributed by atoms with Gasteiger partial charge in [-0.3, -0.25) is 0 Å². The van der Waals surface area contributed by atoms with Crippen molar-refractivity contribution in [1.29, 1.82) is 0 Å². The van der Waals surface area contributed by atoms with Gasteiger partial charge in [0.05, 0.1) is 18.5 Å². The molecule has 0 radical (unpaired) electrons. The van der Waals surface area contributed by atoms with Crippen molar-refractivity contribution in [3.05, 3.63) is 82.5 Å². The molecule has 4 rings (SSSR count). The maximum atomic E-state index is 6.10. The second-order valence-electron chi connectivity index (χ2n) is 5.82. The van der Waals surface area contributed by atoms with Crippen molar-refractivity contribution in [2.24, 2.45) is 0 Å². The van der Waals surface area contributed by atoms with Crippen LogP contribution in [-0.4, -0.2) is 21.2 Å². The third-order valence-corrected chi connectivity index (χ3v) is 4.50. The third kappa shape index (κ3) is 3.66. The summed E-state index contributed by atoms with van der Waals surface area (Å²) in [6.07, 6.45) is 2.56. The highest BCUT2D eigenvalue weighted by Crippen LogP contribution is 2.24. The quantitative estimate of drug-likeness (QED) is 0.467. The molecule has 0 amide bonds. The van der Waals surface area contributed by atoms with Crippen LogP contribution in [0.25, 0.3) is 16.9 Å². The van der Waals surface area contributed by atoms with Crippen molar-refractivity contribution in [2.75, 3.05) is 6.61 Å². The molecule has 4 aromatic rings. The zero-order valence-corrected chi connectivity index (χ0v) is 15.3. The number of aromatic nitrogens is 3. The molecule has 0 atom stereocenters. The highest BCUT2D eigenvalue weighted by Gasteiger charge is 2.09. The van der Waals surface area contributed by atoms with Crippen LogP contribution < -0.4 is 4.74 Å². The molecular formula is C20H15Cl2N3O. The van der Waals surface area contributed by atoms with E-state index >= 15 is 0 Å². The Labute approximate surface area is 161 Å². The van der Waals surface area contributed by atoms with Gasteiger partial charge in [0.1, 0.15) is 0 Å². The molecule has 2 aromatic heterocycles. The second kappa shape index (κ2) is 7.36. The van der Waals surface area contributed by atoms with Crippen LogP contribution in [0.15, 0.2) is 66.9 Å². The minimum Gasteiger partial charge on any atom is -0.476 e. The average molecular weight is 384 g/mol. The summed E-state index contributed by atoms with van der Waals surface area (Å²) in [5, 5.41) is 5.96. The molecule has 130 valence electrons. The first-order valence-electron chi connectivity index (χ1n) is 8.17. The summed E-state index contributed by atoms with van der Waals surface area (Å²) in [5.41, 5.74) is 3.74. The van der Waals surface area contributed by atoms with Crippen LogP contribution in [-0.2, 0) is 6.42 Å². The predicted octanol–water partition coefficient (Wildman–Crippen LogP) is 5.32. The Kier molecular flexibility index (Phi) is 4.78. The molecule has 0 saturated heterocycles. The monoisotopic (exact) mass is 383 g/mol. The van der Waals surface area contributed by atoms with E-state index in [1.54, 1.807) is 10.7 Å². The topological polar surface area (TPSA) is 39.4 Å². The Bertz CT molecular complexity index is 1040. The van der Waals surface area contributed by atoms with E-state index in [-0.39, 0.29) is 0 Å². The fourth-order valence-electron chi connectivity index (χ4n) is 2.70. The Balaban J connectivity index is 1.53. The standard InChI is InChI=1S/C20H15Cl2N3O/c21-16-6-4-14(5-7-16)10-11-26-20-9-8-19-23-13-18(25(19)24-20)15-2-1-3-17(22)12-15/h1-9,12-13H,10-11H2. The average Bonchev–Trinajstić information content (AvgIpc) is 3.07. The lowest BCUT2D eigenvalue weighted by molar-refractivity contribution is 0.305. The van der Waals surface area contributed by atoms with Crippen LogP contribution in [0.5, 0.6) is 5.88 Å². The molecule has 26 heavy (non-hydrogen) atoms. The molecule has 0 aliphatic carbocycles. The largest absolute Gasteiger partial charge is 0.476 e. The maximum absolute atomic E-state index is 6.10. The summed E-state index contributed by atoms with van der Waals surface area (Å²) < 4.78 is 7.58. The molecule has 0 unspecified atom stereocenters. The smallest absolute Gasteiger partial charge is 0.231 e. The predicted molar refractivity (Wildman–Crippen MR) is 104 cm³/mol. The van der Waals surface area contributed by atoms with E-state index < -0.39 is 0 Å². The molecule has 6 heteroatoms. The lowest BCUT2D eigenvalue weighted by atomic mass is 10.2. The minimum atomic E-state index is 0.529. The number of nitrogens with zero attached hydrogens (tertiary/aromatic N) is 3. The van der Waals surface area contributed by atoms with Gasteiger partial charge >= 0.3 is 0 Å². The van der Waals surface area contributed by atoms with E-state index in [2.05, 4.69) is 10.1 Å². The summed E-state index contributed by atoms with van der Waals surface area (Å²) in [6, 6.07) is 19.1. The van der Waals surface area contributed by atoms with E-state index in [9.17, 15) is 0 Å². The molecule has 0 N–H and O–H groups in total. The van der Waals surface area contributed by atoms with Crippen molar-refractivity contribution >= 4 is 28.8 Å². The lowest BCUT2D eigenvalue weighted by Crippen LogP contribution is -2.05. The van der Waals surface area contributed by atoms with Crippen molar-refractivity contribution in [3.8, 4) is 17.1 Å². The summed E-state index contributed by atoms with van der Waals surface area (Å²) in [5.74, 6) is 0.549. The van der Waals surface area contributed by atoms with Gasteiger partial charge in [-0.15, -0.1) is 5.10 Å². The van der Waals surface area contributed by atoms with E-state index in [0.29, 0.717) is 17.5 Å². The van der Waals surface area contributed by atoms with Gasteiger partial charge < -0.3 is 4.74 Å². The second-order valence-corrected chi connectivity index (χ2v) is 6.69. The summed E-state index contributed by atoms with van der Waals surface area (Å²) >= 11 is 12.0. The van der Waals surface area contributed by atoms with Crippen molar-refractivity contribution in [2.45, 2.75) is 6.42 Å². The number of hydrogen-bond donors (Lipinski definition) is 0. The summed E-state index contributed by atoms with van der Waals surface area (Å²) in [7, 11) is 0. The molecule has 0 saturated carbocycles. The van der Waals surface area contributed by atoms with Gasteiger partial charge in [0.2, 0.25) is 5.88 Å². The Morgan fingerprint density at radius 3 is 2.58 bits per heavy atom. The highest BCUT2D eigenvalue weighted by molar-refractivity contribution is 6.31. The molecule has 0 fully saturated rings. The van der Waals surface area contributed by atoms with Gasteiger partial charge in [0.25, 0.3) is 0 Å². The molecule has 0 bridgehead atoms. The van der Waals surface area contributed by atoms with Crippen molar-refractivity contribution < 1.29 is 4.74 Å². The molecule has 0 spiro atoms. The van der Waals surface area contributed by atoms with Gasteiger partial charge in [-0.1, -0.05) is 47.5 Å². The van der Waals surface area contributed by atoms with Gasteiger partial charge in [0, 0.05) is 28.1 Å². The van der Waals surface area contributed by atoms with E-state index in [4.69, 9.17) is 27.9 Å². The van der Waals surface area contributed by atoms with Crippen LogP contribution in [0, 0.1) is 0 Å². The zero-order chi connectivity index (χ0) is 17.9. The van der Waals surface area contributed by atoms with Gasteiger partial charge in [0.15, 0.2) is 5.65 Å². The fraction of sp³-hybridized carbons (Fsp3) is 0.100. The van der Waals surface area contributed by atoms with Gasteiger partial charge in [-0.2, -0.15) is 0 Å². The van der Waals surface area contributed by atoms with Gasteiger partial charge in [-0.05, 0) is 35.9 Å². The van der Waals surface area contributed by atoms with Crippen LogP contribution in [0.1, 0.15) is 5.56 Å². The highest BCUT2D eigenvalue weighted by atomic mass is 35.5. The molecule has 2 heterocycles. The van der Waals surface area contributed by atoms with E-state index in [1.807, 2.05) is 60.7 Å². The number of ether oxygens (including phenoxy) is 1. The number of rotatable bonds is 5. The van der Waals surface area contributed by atoms with Crippen molar-refractivity contribution in [1.82, 2.24) is 14.6 Å². The normalized spacial score (nSPS) is 11.0. The zero-order valence-electron chi connectivity index (χ0n) is 13.8. The number of fused-ring (bicyclic) bond motifs is 1. The molecule has 0 aliphatic heterocycles. The fourth-order valence-corrected chi connectivity index (χ4v) is 3.02. The Morgan fingerprint density at radius 1 is 0.923 bits per heavy atom. The van der Waals surface area contributed by atoms with E-state index in [1.165, 1.54) is 0 Å². The SMILES string of the molecule is Clc1ccc(CCOc2ccc3ncc(-c4cccc(Cl)c4)n3n2)cc1. The molecule has 4 nitrogen and oxygen atoms in total. The number of imidazole rings is 1. The molecular weight excluding hydrogens is 369 g/mol. The third-order valence-electron chi connectivity index (χ3n) is 4.01. The lowest BCUT2D eigenvalue weighted by Gasteiger charge is -2.07. The van der Waals surface area contributed by atoms with Crippen LogP contribution >= 0.6 is 23.2 Å². The van der Waals surface area contributed by atoms with E-state index in [0.717, 1.165) is 33.9 Å². The number of hydrogen-bond acceptors (Lipinski definition) is 3. The number of benzene rings is 2. The first-order valence-corrected chi connectivity index (χ1v) is 8.92. The summed E-state index contributed by atoms with van der Waals surface area (Å²) in [4.78, 5) is 4.39. The maximum Gasteiger partial charge on any atom is 0.231 e. The Hall–Kier alpha value is -2.56. The minimum absolute atomic E-state index is 0.529. The van der Waals surface area contributed by atoms with Crippen LogP contribution in [0.4, 0.5) is 0 Å². The summed E-state index contributed by atoms with van der Waals surface area (Å²) in [6.45, 7) is 0.529. The van der Waals surface area contributed by atoms with Crippen LogP contribution in [0.3, 0.4) is 0 Å².